The van der Waals surface area contributed by atoms with Crippen molar-refractivity contribution in [1.29, 1.82) is 0 Å². The minimum absolute atomic E-state index is 0.0218. The van der Waals surface area contributed by atoms with Gasteiger partial charge in [0.2, 0.25) is 11.8 Å². The molecule has 2 unspecified atom stereocenters. The van der Waals surface area contributed by atoms with Gasteiger partial charge in [0.15, 0.2) is 0 Å². The molecule has 0 aromatic rings. The molecule has 1 aliphatic rings. The van der Waals surface area contributed by atoms with Crippen LogP contribution in [0, 0.1) is 5.92 Å². The van der Waals surface area contributed by atoms with E-state index in [-0.39, 0.29) is 23.3 Å². The maximum atomic E-state index is 11.9. The molecule has 2 amide bonds. The van der Waals surface area contributed by atoms with Gasteiger partial charge in [-0.15, -0.1) is 0 Å². The number of hydrogen-bond acceptors (Lipinski definition) is 3. The van der Waals surface area contributed by atoms with Crippen molar-refractivity contribution in [2.75, 3.05) is 13.1 Å². The highest BCUT2D eigenvalue weighted by Crippen LogP contribution is 2.15. The molecule has 1 saturated heterocycles. The van der Waals surface area contributed by atoms with E-state index in [0.29, 0.717) is 19.0 Å². The van der Waals surface area contributed by atoms with E-state index in [1.165, 1.54) is 0 Å². The van der Waals surface area contributed by atoms with Gasteiger partial charge in [-0.05, 0) is 47.1 Å². The highest BCUT2D eigenvalue weighted by molar-refractivity contribution is 5.80. The lowest BCUT2D eigenvalue weighted by atomic mass is 9.92. The van der Waals surface area contributed by atoms with Crippen LogP contribution in [0.3, 0.4) is 0 Å². The fourth-order valence-corrected chi connectivity index (χ4v) is 2.29. The maximum Gasteiger partial charge on any atom is 0.223 e. The minimum Gasteiger partial charge on any atom is -0.355 e. The van der Waals surface area contributed by atoms with Gasteiger partial charge in [-0.25, -0.2) is 0 Å². The van der Waals surface area contributed by atoms with Gasteiger partial charge >= 0.3 is 0 Å². The summed E-state index contributed by atoms with van der Waals surface area (Å²) in [7, 11) is 0. The molecule has 5 nitrogen and oxygen atoms in total. The van der Waals surface area contributed by atoms with E-state index in [2.05, 4.69) is 22.9 Å². The second-order valence-electron chi connectivity index (χ2n) is 6.42. The van der Waals surface area contributed by atoms with Crippen molar-refractivity contribution in [3.8, 4) is 0 Å². The highest BCUT2D eigenvalue weighted by Gasteiger charge is 2.24. The van der Waals surface area contributed by atoms with Crippen LogP contribution in [0.15, 0.2) is 0 Å². The molecular weight excluding hydrogens is 242 g/mol. The van der Waals surface area contributed by atoms with Crippen LogP contribution in [0.4, 0.5) is 0 Å². The van der Waals surface area contributed by atoms with Crippen LogP contribution in [0.5, 0.6) is 0 Å². The SMILES string of the molecule is CC1CC(C(=O)NCCC(=O)NC(C)(C)C)CCN1. The molecule has 0 radical (unpaired) electrons. The molecule has 1 fully saturated rings. The van der Waals surface area contributed by atoms with Gasteiger partial charge in [0.05, 0.1) is 0 Å². The van der Waals surface area contributed by atoms with Crippen molar-refractivity contribution < 1.29 is 9.59 Å². The quantitative estimate of drug-likeness (QED) is 0.707. The first-order valence-corrected chi connectivity index (χ1v) is 7.10. The molecule has 3 N–H and O–H groups in total. The van der Waals surface area contributed by atoms with E-state index in [9.17, 15) is 9.59 Å². The Kier molecular flexibility index (Phi) is 5.79. The third kappa shape index (κ3) is 6.57. The molecule has 2 atom stereocenters. The first-order valence-electron chi connectivity index (χ1n) is 7.10. The van der Waals surface area contributed by atoms with E-state index in [0.717, 1.165) is 19.4 Å². The topological polar surface area (TPSA) is 70.2 Å². The summed E-state index contributed by atoms with van der Waals surface area (Å²) in [6.45, 7) is 9.23. The van der Waals surface area contributed by atoms with Crippen LogP contribution in [0.2, 0.25) is 0 Å². The smallest absolute Gasteiger partial charge is 0.223 e. The normalized spacial score (nSPS) is 23.8. The molecule has 0 saturated carbocycles. The fraction of sp³-hybridized carbons (Fsp3) is 0.857. The van der Waals surface area contributed by atoms with Gasteiger partial charge < -0.3 is 16.0 Å². The largest absolute Gasteiger partial charge is 0.355 e. The van der Waals surface area contributed by atoms with Crippen LogP contribution < -0.4 is 16.0 Å². The number of carbonyl (C=O) groups excluding carboxylic acids is 2. The summed E-state index contributed by atoms with van der Waals surface area (Å²) >= 11 is 0. The monoisotopic (exact) mass is 269 g/mol. The van der Waals surface area contributed by atoms with Crippen molar-refractivity contribution in [3.05, 3.63) is 0 Å². The molecule has 0 bridgehead atoms. The second kappa shape index (κ2) is 6.89. The summed E-state index contributed by atoms with van der Waals surface area (Å²) < 4.78 is 0. The first kappa shape index (κ1) is 16.0. The molecule has 0 aromatic heterocycles. The Morgan fingerprint density at radius 3 is 2.58 bits per heavy atom. The predicted molar refractivity (Wildman–Crippen MR) is 75.7 cm³/mol. The number of piperidine rings is 1. The molecule has 19 heavy (non-hydrogen) atoms. The van der Waals surface area contributed by atoms with Crippen LogP contribution in [-0.2, 0) is 9.59 Å². The average Bonchev–Trinajstić information content (AvgIpc) is 2.26. The van der Waals surface area contributed by atoms with E-state index >= 15 is 0 Å². The summed E-state index contributed by atoms with van der Waals surface area (Å²) in [6, 6.07) is 0.397. The Hall–Kier alpha value is -1.10. The van der Waals surface area contributed by atoms with Gasteiger partial charge in [-0.3, -0.25) is 9.59 Å². The van der Waals surface area contributed by atoms with Gasteiger partial charge in [-0.1, -0.05) is 0 Å². The maximum absolute atomic E-state index is 11.9. The van der Waals surface area contributed by atoms with E-state index in [1.54, 1.807) is 0 Å². The molecular formula is C14H27N3O2. The fourth-order valence-electron chi connectivity index (χ4n) is 2.29. The molecule has 110 valence electrons. The van der Waals surface area contributed by atoms with E-state index in [4.69, 9.17) is 0 Å². The molecule has 1 heterocycles. The average molecular weight is 269 g/mol. The number of amides is 2. The Morgan fingerprint density at radius 2 is 2.00 bits per heavy atom. The molecule has 1 rings (SSSR count). The summed E-state index contributed by atoms with van der Waals surface area (Å²) in [6.07, 6.45) is 2.09. The minimum atomic E-state index is -0.217. The Bertz CT molecular complexity index is 323. The van der Waals surface area contributed by atoms with Crippen molar-refractivity contribution in [3.63, 3.8) is 0 Å². The lowest BCUT2D eigenvalue weighted by Gasteiger charge is -2.27. The van der Waals surface area contributed by atoms with E-state index in [1.807, 2.05) is 20.8 Å². The van der Waals surface area contributed by atoms with Gasteiger partial charge in [0, 0.05) is 30.5 Å². The number of carbonyl (C=O) groups is 2. The number of hydrogen-bond donors (Lipinski definition) is 3. The third-order valence-electron chi connectivity index (χ3n) is 3.16. The lowest BCUT2D eigenvalue weighted by Crippen LogP contribution is -2.44. The summed E-state index contributed by atoms with van der Waals surface area (Å²) in [5.74, 6) is 0.144. The van der Waals surface area contributed by atoms with Crippen LogP contribution in [0.25, 0.3) is 0 Å². The van der Waals surface area contributed by atoms with Gasteiger partial charge in [-0.2, -0.15) is 0 Å². The van der Waals surface area contributed by atoms with Gasteiger partial charge in [0.25, 0.3) is 0 Å². The van der Waals surface area contributed by atoms with Crippen LogP contribution in [-0.4, -0.2) is 36.5 Å². The molecule has 0 spiro atoms. The van der Waals surface area contributed by atoms with Crippen molar-refractivity contribution in [2.45, 2.75) is 58.5 Å². The predicted octanol–water partition coefficient (Wildman–Crippen LogP) is 0.796. The summed E-state index contributed by atoms with van der Waals surface area (Å²) in [4.78, 5) is 23.5. The Balaban J connectivity index is 2.21. The zero-order valence-electron chi connectivity index (χ0n) is 12.5. The second-order valence-corrected chi connectivity index (χ2v) is 6.42. The number of rotatable bonds is 4. The summed E-state index contributed by atoms with van der Waals surface area (Å²) in [5.41, 5.74) is -0.217. The van der Waals surface area contributed by atoms with Crippen LogP contribution in [0.1, 0.15) is 47.0 Å². The molecule has 5 heteroatoms. The third-order valence-corrected chi connectivity index (χ3v) is 3.16. The number of nitrogens with one attached hydrogen (secondary N) is 3. The van der Waals surface area contributed by atoms with Crippen LogP contribution >= 0.6 is 0 Å². The van der Waals surface area contributed by atoms with Crippen molar-refractivity contribution in [2.24, 2.45) is 5.92 Å². The van der Waals surface area contributed by atoms with E-state index < -0.39 is 0 Å². The standard InChI is InChI=1S/C14H27N3O2/c1-10-9-11(5-7-15-10)13(19)16-8-6-12(18)17-14(2,3)4/h10-11,15H,5-9H2,1-4H3,(H,16,19)(H,17,18). The lowest BCUT2D eigenvalue weighted by molar-refractivity contribution is -0.126. The zero-order valence-corrected chi connectivity index (χ0v) is 12.5. The molecule has 0 aromatic carbocycles. The Labute approximate surface area is 115 Å². The first-order chi connectivity index (χ1) is 8.78. The van der Waals surface area contributed by atoms with Crippen molar-refractivity contribution in [1.82, 2.24) is 16.0 Å². The summed E-state index contributed by atoms with van der Waals surface area (Å²) in [5, 5.41) is 9.06. The molecule has 1 aliphatic heterocycles. The zero-order chi connectivity index (χ0) is 14.5. The van der Waals surface area contributed by atoms with Gasteiger partial charge in [0.1, 0.15) is 0 Å². The highest BCUT2D eigenvalue weighted by atomic mass is 16.2. The van der Waals surface area contributed by atoms with Crippen molar-refractivity contribution >= 4 is 11.8 Å². The Morgan fingerprint density at radius 1 is 1.32 bits per heavy atom. The molecule has 0 aliphatic carbocycles.